The summed E-state index contributed by atoms with van der Waals surface area (Å²) < 4.78 is 0. The lowest BCUT2D eigenvalue weighted by molar-refractivity contribution is -0.135. The molecule has 0 amide bonds. The number of carbonyl (C=O) groups is 1. The number of hydrogen-bond donors (Lipinski definition) is 1. The van der Waals surface area contributed by atoms with Crippen LogP contribution in [-0.4, -0.2) is 15.9 Å². The third-order valence-electron chi connectivity index (χ3n) is 3.38. The molecule has 0 heterocycles. The first-order valence-corrected chi connectivity index (χ1v) is 10.2. The van der Waals surface area contributed by atoms with Gasteiger partial charge in [0.15, 0.2) is 0 Å². The smallest absolute Gasteiger partial charge is 0.316 e. The van der Waals surface area contributed by atoms with E-state index in [1.165, 1.54) is 15.9 Å². The van der Waals surface area contributed by atoms with Crippen LogP contribution < -0.4 is 15.9 Å². The number of halogens is 1. The number of rotatable bonds is 4. The number of benzene rings is 3. The van der Waals surface area contributed by atoms with Gasteiger partial charge in [-0.3, -0.25) is 4.79 Å². The summed E-state index contributed by atoms with van der Waals surface area (Å²) in [6, 6.07) is 32.3. The molecule has 0 fully saturated rings. The molecule has 3 aromatic carbocycles. The summed E-state index contributed by atoms with van der Waals surface area (Å²) in [5, 5.41) is 12.1. The summed E-state index contributed by atoms with van der Waals surface area (Å²) in [5.74, 6) is -0.824. The molecule has 0 radical (unpaired) electrons. The zero-order chi connectivity index (χ0) is 18.1. The summed E-state index contributed by atoms with van der Waals surface area (Å²) in [4.78, 5) is 9.23. The van der Waals surface area contributed by atoms with Crippen LogP contribution in [-0.2, 0) is 4.79 Å². The molecular formula is C21H20BrO2P. The normalized spacial score (nSPS) is 11.3. The predicted octanol–water partition coefficient (Wildman–Crippen LogP) is 4.30. The maximum absolute atomic E-state index is 9.65. The molecule has 4 heteroatoms. The number of carboxylic acid groups (broad SMARTS) is 1. The van der Waals surface area contributed by atoms with Gasteiger partial charge in [0.1, 0.15) is 4.83 Å². The lowest BCUT2D eigenvalue weighted by Crippen LogP contribution is -2.20. The van der Waals surface area contributed by atoms with E-state index < -0.39 is 18.7 Å². The molecule has 25 heavy (non-hydrogen) atoms. The van der Waals surface area contributed by atoms with Gasteiger partial charge in [0.2, 0.25) is 0 Å². The van der Waals surface area contributed by atoms with E-state index in [9.17, 15) is 4.79 Å². The molecular weight excluding hydrogens is 395 g/mol. The first-order valence-electron chi connectivity index (χ1n) is 7.91. The molecule has 1 atom stereocenters. The van der Waals surface area contributed by atoms with Gasteiger partial charge >= 0.3 is 5.97 Å². The van der Waals surface area contributed by atoms with Crippen LogP contribution in [0.5, 0.6) is 0 Å². The van der Waals surface area contributed by atoms with Crippen molar-refractivity contribution in [1.29, 1.82) is 0 Å². The lowest BCUT2D eigenvalue weighted by Gasteiger charge is -2.18. The third kappa shape index (κ3) is 6.12. The topological polar surface area (TPSA) is 37.3 Å². The Kier molecular flexibility index (Phi) is 7.84. The van der Waals surface area contributed by atoms with Crippen LogP contribution in [0.25, 0.3) is 0 Å². The number of aliphatic carboxylic acids is 1. The van der Waals surface area contributed by atoms with Gasteiger partial charge < -0.3 is 5.11 Å². The number of hydrogen-bond acceptors (Lipinski definition) is 1. The highest BCUT2D eigenvalue weighted by molar-refractivity contribution is 9.10. The summed E-state index contributed by atoms with van der Waals surface area (Å²) in [7, 11) is -0.446. The van der Waals surface area contributed by atoms with E-state index >= 15 is 0 Å². The fourth-order valence-electron chi connectivity index (χ4n) is 2.18. The van der Waals surface area contributed by atoms with Crippen LogP contribution in [0.4, 0.5) is 0 Å². The first kappa shape index (κ1) is 19.4. The molecule has 0 spiro atoms. The summed E-state index contributed by atoms with van der Waals surface area (Å²) in [5.41, 5.74) is 0. The quantitative estimate of drug-likeness (QED) is 0.510. The van der Waals surface area contributed by atoms with Gasteiger partial charge in [-0.05, 0) is 30.8 Å². The van der Waals surface area contributed by atoms with Gasteiger partial charge in [0, 0.05) is 0 Å². The molecule has 3 rings (SSSR count). The van der Waals surface area contributed by atoms with E-state index in [4.69, 9.17) is 5.11 Å². The van der Waals surface area contributed by atoms with Crippen molar-refractivity contribution in [1.82, 2.24) is 0 Å². The van der Waals surface area contributed by atoms with Crippen molar-refractivity contribution in [3.8, 4) is 0 Å². The summed E-state index contributed by atoms with van der Waals surface area (Å²) in [6.45, 7) is 1.56. The Labute approximate surface area is 158 Å². The largest absolute Gasteiger partial charge is 0.480 e. The third-order valence-corrected chi connectivity index (χ3v) is 6.22. The van der Waals surface area contributed by atoms with Gasteiger partial charge in [0.05, 0.1) is 0 Å². The van der Waals surface area contributed by atoms with E-state index in [-0.39, 0.29) is 0 Å². The van der Waals surface area contributed by atoms with Gasteiger partial charge in [-0.25, -0.2) is 0 Å². The maximum Gasteiger partial charge on any atom is 0.316 e. The molecule has 0 saturated heterocycles. The predicted molar refractivity (Wildman–Crippen MR) is 111 cm³/mol. The van der Waals surface area contributed by atoms with Gasteiger partial charge in [0.25, 0.3) is 0 Å². The minimum absolute atomic E-state index is 0.419. The second-order valence-corrected chi connectivity index (χ2v) is 8.89. The minimum atomic E-state index is -0.824. The Morgan fingerprint density at radius 2 is 1.00 bits per heavy atom. The van der Waals surface area contributed by atoms with Crippen molar-refractivity contribution < 1.29 is 9.90 Å². The minimum Gasteiger partial charge on any atom is -0.480 e. The van der Waals surface area contributed by atoms with Crippen molar-refractivity contribution in [2.75, 3.05) is 0 Å². The summed E-state index contributed by atoms with van der Waals surface area (Å²) in [6.07, 6.45) is 0. The highest BCUT2D eigenvalue weighted by Gasteiger charge is 2.14. The molecule has 1 N–H and O–H groups in total. The Balaban J connectivity index is 0.000000326. The average molecular weight is 415 g/mol. The highest BCUT2D eigenvalue weighted by atomic mass is 79.9. The molecule has 0 aliphatic carbocycles. The molecule has 3 aromatic rings. The fraction of sp³-hybridized carbons (Fsp3) is 0.0952. The Morgan fingerprint density at radius 1 is 0.760 bits per heavy atom. The molecule has 0 aliphatic heterocycles. The monoisotopic (exact) mass is 414 g/mol. The zero-order valence-corrected chi connectivity index (χ0v) is 16.4. The van der Waals surface area contributed by atoms with Crippen LogP contribution in [0.15, 0.2) is 91.0 Å². The average Bonchev–Trinajstić information content (AvgIpc) is 2.65. The first-order chi connectivity index (χ1) is 12.1. The number of carboxylic acids is 1. The van der Waals surface area contributed by atoms with Gasteiger partial charge in [-0.2, -0.15) is 0 Å². The second kappa shape index (κ2) is 10.1. The lowest BCUT2D eigenvalue weighted by atomic mass is 10.4. The second-order valence-electron chi connectivity index (χ2n) is 5.30. The van der Waals surface area contributed by atoms with Crippen molar-refractivity contribution in [2.24, 2.45) is 0 Å². The van der Waals surface area contributed by atoms with Crippen molar-refractivity contribution in [2.45, 2.75) is 11.8 Å². The van der Waals surface area contributed by atoms with E-state index in [1.54, 1.807) is 6.92 Å². The Bertz CT molecular complexity index is 668. The zero-order valence-electron chi connectivity index (χ0n) is 13.9. The van der Waals surface area contributed by atoms with Crippen LogP contribution in [0.1, 0.15) is 6.92 Å². The van der Waals surface area contributed by atoms with Crippen molar-refractivity contribution in [3.63, 3.8) is 0 Å². The SMILES string of the molecule is CC(Br)C(=O)O.c1ccc(P(c2ccccc2)c2ccccc2)cc1. The van der Waals surface area contributed by atoms with E-state index in [0.29, 0.717) is 0 Å². The van der Waals surface area contributed by atoms with E-state index in [2.05, 4.69) is 107 Å². The maximum atomic E-state index is 9.65. The highest BCUT2D eigenvalue weighted by Crippen LogP contribution is 2.32. The Morgan fingerprint density at radius 3 is 1.20 bits per heavy atom. The van der Waals surface area contributed by atoms with Crippen LogP contribution >= 0.6 is 23.9 Å². The standard InChI is InChI=1S/C18H15P.C3H5BrO2/c1-4-10-16(11-5-1)19(17-12-6-2-7-13-17)18-14-8-3-9-15-18;1-2(4)3(5)6/h1-15H;2H,1H3,(H,5,6). The van der Waals surface area contributed by atoms with E-state index in [0.717, 1.165) is 0 Å². The van der Waals surface area contributed by atoms with Crippen molar-refractivity contribution in [3.05, 3.63) is 91.0 Å². The molecule has 128 valence electrons. The van der Waals surface area contributed by atoms with E-state index in [1.807, 2.05) is 0 Å². The molecule has 1 unspecified atom stereocenters. The van der Waals surface area contributed by atoms with Crippen molar-refractivity contribution >= 4 is 45.7 Å². The van der Waals surface area contributed by atoms with Crippen LogP contribution in [0.3, 0.4) is 0 Å². The molecule has 0 saturated carbocycles. The summed E-state index contributed by atoms with van der Waals surface area (Å²) >= 11 is 2.84. The Hall–Kier alpha value is -1.96. The molecule has 2 nitrogen and oxygen atoms in total. The van der Waals surface area contributed by atoms with Crippen LogP contribution in [0.2, 0.25) is 0 Å². The molecule has 0 bridgehead atoms. The van der Waals surface area contributed by atoms with Gasteiger partial charge in [-0.15, -0.1) is 0 Å². The number of alkyl halides is 1. The van der Waals surface area contributed by atoms with Crippen LogP contribution in [0, 0.1) is 0 Å². The fourth-order valence-corrected chi connectivity index (χ4v) is 4.48. The van der Waals surface area contributed by atoms with Gasteiger partial charge in [-0.1, -0.05) is 107 Å². The molecule has 0 aliphatic rings. The molecule has 0 aromatic heterocycles.